The lowest BCUT2D eigenvalue weighted by Gasteiger charge is -2.34. The van der Waals surface area contributed by atoms with Crippen molar-refractivity contribution in [1.82, 2.24) is 10.2 Å². The third-order valence-corrected chi connectivity index (χ3v) is 9.28. The van der Waals surface area contributed by atoms with E-state index in [-0.39, 0.29) is 23.4 Å². The minimum absolute atomic E-state index is 0.0542. The quantitative estimate of drug-likeness (QED) is 0.293. The van der Waals surface area contributed by atoms with Crippen LogP contribution in [0.15, 0.2) is 71.6 Å². The average Bonchev–Trinajstić information content (AvgIpc) is 2.93. The third-order valence-electron chi connectivity index (χ3n) is 7.49. The van der Waals surface area contributed by atoms with Crippen LogP contribution in [-0.2, 0) is 26.2 Å². The first-order chi connectivity index (χ1) is 19.4. The number of aryl methyl sites for hydroxylation is 4. The molecule has 0 saturated carbocycles. The van der Waals surface area contributed by atoms with E-state index >= 15 is 0 Å². The molecule has 0 aliphatic rings. The molecule has 0 fully saturated rings. The number of hydrogen-bond acceptors (Lipinski definition) is 4. The number of sulfonamides is 1. The molecule has 2 atom stereocenters. The summed E-state index contributed by atoms with van der Waals surface area (Å²) in [5, 5.41) is 3.01. The fourth-order valence-corrected chi connectivity index (χ4v) is 6.02. The number of nitrogens with zero attached hydrogens (tertiary/aromatic N) is 2. The number of rotatable bonds is 12. The molecular formula is C33H43N3O4S. The fourth-order valence-electron chi connectivity index (χ4n) is 4.61. The summed E-state index contributed by atoms with van der Waals surface area (Å²) in [6.45, 7) is 13.2. The van der Waals surface area contributed by atoms with E-state index in [1.807, 2.05) is 78.8 Å². The maximum absolute atomic E-state index is 14.2. The Morgan fingerprint density at radius 2 is 1.51 bits per heavy atom. The smallest absolute Gasteiger partial charge is 0.264 e. The van der Waals surface area contributed by atoms with E-state index < -0.39 is 28.5 Å². The zero-order chi connectivity index (χ0) is 30.3. The van der Waals surface area contributed by atoms with Crippen molar-refractivity contribution < 1.29 is 18.0 Å². The van der Waals surface area contributed by atoms with Crippen LogP contribution in [0.1, 0.15) is 61.4 Å². The Balaban J connectivity index is 2.09. The van der Waals surface area contributed by atoms with Gasteiger partial charge in [-0.2, -0.15) is 0 Å². The highest BCUT2D eigenvalue weighted by molar-refractivity contribution is 7.92. The van der Waals surface area contributed by atoms with Gasteiger partial charge in [-0.25, -0.2) is 8.42 Å². The summed E-state index contributed by atoms with van der Waals surface area (Å²) in [6, 6.07) is 18.9. The van der Waals surface area contributed by atoms with Crippen molar-refractivity contribution in [2.75, 3.05) is 10.8 Å². The summed E-state index contributed by atoms with van der Waals surface area (Å²) in [7, 11) is -4.10. The number of carbonyl (C=O) groups is 2. The minimum Gasteiger partial charge on any atom is -0.352 e. The van der Waals surface area contributed by atoms with E-state index in [2.05, 4.69) is 5.32 Å². The average molecular weight is 578 g/mol. The molecule has 3 aromatic rings. The highest BCUT2D eigenvalue weighted by atomic mass is 32.2. The largest absolute Gasteiger partial charge is 0.352 e. The molecule has 0 aliphatic carbocycles. The van der Waals surface area contributed by atoms with Crippen LogP contribution in [0.5, 0.6) is 0 Å². The van der Waals surface area contributed by atoms with Crippen molar-refractivity contribution in [3.63, 3.8) is 0 Å². The summed E-state index contributed by atoms with van der Waals surface area (Å²) in [4.78, 5) is 29.2. The molecule has 0 radical (unpaired) electrons. The molecule has 3 aromatic carbocycles. The van der Waals surface area contributed by atoms with Gasteiger partial charge >= 0.3 is 0 Å². The molecule has 41 heavy (non-hydrogen) atoms. The van der Waals surface area contributed by atoms with Gasteiger partial charge in [0, 0.05) is 12.6 Å². The summed E-state index contributed by atoms with van der Waals surface area (Å²) in [5.41, 5.74) is 5.16. The molecule has 7 nitrogen and oxygen atoms in total. The van der Waals surface area contributed by atoms with E-state index in [9.17, 15) is 18.0 Å². The third kappa shape index (κ3) is 7.97. The lowest BCUT2D eigenvalue weighted by molar-refractivity contribution is -0.140. The van der Waals surface area contributed by atoms with Crippen molar-refractivity contribution in [3.8, 4) is 0 Å². The van der Waals surface area contributed by atoms with Crippen molar-refractivity contribution in [2.24, 2.45) is 0 Å². The molecule has 220 valence electrons. The maximum Gasteiger partial charge on any atom is 0.264 e. The van der Waals surface area contributed by atoms with Gasteiger partial charge in [-0.15, -0.1) is 0 Å². The molecule has 0 bridgehead atoms. The van der Waals surface area contributed by atoms with E-state index in [1.54, 1.807) is 36.4 Å². The normalized spacial score (nSPS) is 12.9. The SMILES string of the molecule is CC[C@H](C(=O)N[C@@H](C)CC)N(Cc1cccc(C)c1)C(=O)CN(c1ccc(C)c(C)c1)S(=O)(=O)c1ccc(C)cc1. The fraction of sp³-hybridized carbons (Fsp3) is 0.394. The zero-order valence-corrected chi connectivity index (χ0v) is 26.1. The number of anilines is 1. The molecule has 0 unspecified atom stereocenters. The standard InChI is InChI=1S/C33H43N3O4S/c1-8-27(7)34-33(38)31(9-2)35(21-28-12-10-11-24(4)19-28)32(37)22-36(29-16-15-25(5)26(6)20-29)41(39,40)30-17-13-23(3)14-18-30/h10-20,27,31H,8-9,21-22H2,1-7H3,(H,34,38)/t27-,31+/m0/s1. The van der Waals surface area contributed by atoms with E-state index in [0.717, 1.165) is 38.5 Å². The van der Waals surface area contributed by atoms with Crippen molar-refractivity contribution in [3.05, 3.63) is 94.5 Å². The first kappa shape index (κ1) is 31.9. The number of benzene rings is 3. The highest BCUT2D eigenvalue weighted by Gasteiger charge is 2.34. The van der Waals surface area contributed by atoms with E-state index in [4.69, 9.17) is 0 Å². The number of hydrogen-bond donors (Lipinski definition) is 1. The number of nitrogens with one attached hydrogen (secondary N) is 1. The predicted octanol–water partition coefficient (Wildman–Crippen LogP) is 5.84. The van der Waals surface area contributed by atoms with Crippen molar-refractivity contribution in [2.45, 2.75) is 84.8 Å². The molecule has 3 rings (SSSR count). The van der Waals surface area contributed by atoms with Gasteiger partial charge in [0.05, 0.1) is 10.6 Å². The number of carbonyl (C=O) groups excluding carboxylic acids is 2. The Morgan fingerprint density at radius 1 is 0.829 bits per heavy atom. The second-order valence-electron chi connectivity index (χ2n) is 10.8. The second-order valence-corrected chi connectivity index (χ2v) is 12.7. The van der Waals surface area contributed by atoms with Gasteiger partial charge in [-0.1, -0.05) is 67.4 Å². The molecule has 0 spiro atoms. The van der Waals surface area contributed by atoms with Crippen LogP contribution in [0, 0.1) is 27.7 Å². The van der Waals surface area contributed by atoms with Gasteiger partial charge < -0.3 is 10.2 Å². The van der Waals surface area contributed by atoms with Gasteiger partial charge in [0.15, 0.2) is 0 Å². The van der Waals surface area contributed by atoms with Crippen LogP contribution in [0.25, 0.3) is 0 Å². The van der Waals surface area contributed by atoms with Crippen LogP contribution < -0.4 is 9.62 Å². The lowest BCUT2D eigenvalue weighted by atomic mass is 10.1. The Morgan fingerprint density at radius 3 is 2.10 bits per heavy atom. The van der Waals surface area contributed by atoms with E-state index in [0.29, 0.717) is 12.1 Å². The van der Waals surface area contributed by atoms with Crippen molar-refractivity contribution >= 4 is 27.5 Å². The summed E-state index contributed by atoms with van der Waals surface area (Å²) >= 11 is 0. The molecule has 0 saturated heterocycles. The monoisotopic (exact) mass is 577 g/mol. The predicted molar refractivity (Wildman–Crippen MR) is 165 cm³/mol. The molecule has 0 aliphatic heterocycles. The summed E-state index contributed by atoms with van der Waals surface area (Å²) in [5.74, 6) is -0.700. The van der Waals surface area contributed by atoms with E-state index in [1.165, 1.54) is 4.90 Å². The zero-order valence-electron chi connectivity index (χ0n) is 25.3. The van der Waals surface area contributed by atoms with Crippen LogP contribution in [0.2, 0.25) is 0 Å². The minimum atomic E-state index is -4.10. The molecule has 1 N–H and O–H groups in total. The Hall–Kier alpha value is -3.65. The van der Waals surface area contributed by atoms with Gasteiger partial charge in [0.1, 0.15) is 12.6 Å². The summed E-state index contributed by atoms with van der Waals surface area (Å²) in [6.07, 6.45) is 1.14. The van der Waals surface area contributed by atoms with Gasteiger partial charge in [0.2, 0.25) is 11.8 Å². The van der Waals surface area contributed by atoms with Gasteiger partial charge in [-0.3, -0.25) is 13.9 Å². The van der Waals surface area contributed by atoms with Gasteiger partial charge in [-0.05, 0) is 88.4 Å². The molecule has 8 heteroatoms. The van der Waals surface area contributed by atoms with Crippen LogP contribution in [-0.4, -0.2) is 43.8 Å². The first-order valence-corrected chi connectivity index (χ1v) is 15.6. The Labute approximate surface area is 245 Å². The Kier molecular flexibility index (Phi) is 10.7. The molecule has 2 amide bonds. The highest BCUT2D eigenvalue weighted by Crippen LogP contribution is 2.27. The van der Waals surface area contributed by atoms with Crippen molar-refractivity contribution in [1.29, 1.82) is 0 Å². The van der Waals surface area contributed by atoms with Gasteiger partial charge in [0.25, 0.3) is 10.0 Å². The van der Waals surface area contributed by atoms with Crippen LogP contribution >= 0.6 is 0 Å². The first-order valence-electron chi connectivity index (χ1n) is 14.2. The molecule has 0 aromatic heterocycles. The van der Waals surface area contributed by atoms with Crippen LogP contribution in [0.3, 0.4) is 0 Å². The van der Waals surface area contributed by atoms with Crippen LogP contribution in [0.4, 0.5) is 5.69 Å². The lowest BCUT2D eigenvalue weighted by Crippen LogP contribution is -2.53. The maximum atomic E-state index is 14.2. The Bertz CT molecular complexity index is 1470. The summed E-state index contributed by atoms with van der Waals surface area (Å²) < 4.78 is 29.2. The second kappa shape index (κ2) is 13.8. The molecular weight excluding hydrogens is 534 g/mol. The molecule has 0 heterocycles. The topological polar surface area (TPSA) is 86.8 Å². The number of amides is 2.